The molecule has 0 saturated carbocycles. The molecule has 0 unspecified atom stereocenters. The van der Waals surface area contributed by atoms with Crippen LogP contribution in [0.4, 0.5) is 0 Å². The Morgan fingerprint density at radius 1 is 1.10 bits per heavy atom. The van der Waals surface area contributed by atoms with Crippen LogP contribution in [0.25, 0.3) is 0 Å². The molecule has 0 aliphatic carbocycles. The van der Waals surface area contributed by atoms with E-state index in [4.69, 9.17) is 13.8 Å². The van der Waals surface area contributed by atoms with Gasteiger partial charge in [0, 0.05) is 0 Å². The van der Waals surface area contributed by atoms with Crippen LogP contribution in [0.15, 0.2) is 0 Å². The van der Waals surface area contributed by atoms with Crippen molar-refractivity contribution in [2.75, 3.05) is 31.3 Å². The van der Waals surface area contributed by atoms with Crippen molar-refractivity contribution >= 4 is 37.1 Å². The Bertz CT molecular complexity index is 348. The van der Waals surface area contributed by atoms with Crippen LogP contribution in [0.1, 0.15) is 33.6 Å². The van der Waals surface area contributed by atoms with Crippen LogP contribution < -0.4 is 0 Å². The second-order valence-electron chi connectivity index (χ2n) is 4.08. The predicted molar refractivity (Wildman–Crippen MR) is 84.4 cm³/mol. The molecule has 0 bridgehead atoms. The van der Waals surface area contributed by atoms with Crippen molar-refractivity contribution in [3.63, 3.8) is 0 Å². The Balaban J connectivity index is 3.00. The smallest absolute Gasteiger partial charge is 0.357 e. The first-order valence-electron chi connectivity index (χ1n) is 6.86. The lowest BCUT2D eigenvalue weighted by Crippen LogP contribution is -2.31. The van der Waals surface area contributed by atoms with Crippen LogP contribution in [0, 0.1) is 0 Å². The van der Waals surface area contributed by atoms with Gasteiger partial charge >= 0.3 is 13.6 Å². The van der Waals surface area contributed by atoms with Crippen molar-refractivity contribution in [2.45, 2.75) is 37.4 Å². The summed E-state index contributed by atoms with van der Waals surface area (Å²) < 4.78 is 28.2. The minimum Gasteiger partial charge on any atom is -0.466 e. The lowest BCUT2D eigenvalue weighted by molar-refractivity contribution is -0.143. The average molecular weight is 342 g/mol. The highest BCUT2D eigenvalue weighted by molar-refractivity contribution is 8.25. The number of rotatable bonds is 8. The molecule has 0 atom stereocenters. The summed E-state index contributed by atoms with van der Waals surface area (Å²) in [5.41, 5.74) is 0. The molecule has 118 valence electrons. The van der Waals surface area contributed by atoms with E-state index in [1.54, 1.807) is 20.8 Å². The first kappa shape index (κ1) is 18.4. The van der Waals surface area contributed by atoms with Crippen LogP contribution >= 0.6 is 31.1 Å². The van der Waals surface area contributed by atoms with Gasteiger partial charge in [-0.05, 0) is 38.7 Å². The Labute approximate surface area is 129 Å². The van der Waals surface area contributed by atoms with Crippen molar-refractivity contribution in [3.8, 4) is 0 Å². The van der Waals surface area contributed by atoms with Crippen LogP contribution in [0.2, 0.25) is 0 Å². The normalized spacial score (nSPS) is 18.8. The third kappa shape index (κ3) is 4.41. The molecule has 1 aliphatic heterocycles. The molecule has 0 N–H and O–H groups in total. The molecule has 1 heterocycles. The van der Waals surface area contributed by atoms with Crippen molar-refractivity contribution in [3.05, 3.63) is 0 Å². The lowest BCUT2D eigenvalue weighted by atomic mass is 10.5. The Morgan fingerprint density at radius 3 is 2.10 bits per heavy atom. The summed E-state index contributed by atoms with van der Waals surface area (Å²) in [4.78, 5) is 11.9. The summed E-state index contributed by atoms with van der Waals surface area (Å²) in [7, 11) is -3.38. The Hall–Kier alpha value is 0.320. The molecule has 5 nitrogen and oxygen atoms in total. The summed E-state index contributed by atoms with van der Waals surface area (Å²) in [6, 6.07) is 0. The van der Waals surface area contributed by atoms with Crippen molar-refractivity contribution in [1.82, 2.24) is 0 Å². The summed E-state index contributed by atoms with van der Waals surface area (Å²) in [5.74, 6) is 1.33. The fourth-order valence-corrected chi connectivity index (χ4v) is 8.48. The van der Waals surface area contributed by atoms with E-state index < -0.39 is 11.4 Å². The third-order valence-corrected chi connectivity index (χ3v) is 9.82. The van der Waals surface area contributed by atoms with Gasteiger partial charge in [0.2, 0.25) is 0 Å². The molecule has 0 aromatic rings. The molecule has 8 heteroatoms. The van der Waals surface area contributed by atoms with Gasteiger partial charge in [0.15, 0.2) is 3.82 Å². The molecule has 0 radical (unpaired) electrons. The van der Waals surface area contributed by atoms with Crippen molar-refractivity contribution < 1.29 is 23.1 Å². The zero-order chi connectivity index (χ0) is 15.1. The van der Waals surface area contributed by atoms with E-state index >= 15 is 0 Å². The van der Waals surface area contributed by atoms with Crippen molar-refractivity contribution in [1.29, 1.82) is 0 Å². The Morgan fingerprint density at radius 2 is 1.65 bits per heavy atom. The molecule has 0 aromatic heterocycles. The van der Waals surface area contributed by atoms with Crippen LogP contribution in [0.5, 0.6) is 0 Å². The first-order chi connectivity index (χ1) is 9.53. The summed E-state index contributed by atoms with van der Waals surface area (Å²) in [6.07, 6.45) is 1.08. The molecule has 1 saturated heterocycles. The van der Waals surface area contributed by atoms with Gasteiger partial charge in [0.1, 0.15) is 0 Å². The van der Waals surface area contributed by atoms with Gasteiger partial charge in [-0.3, -0.25) is 9.36 Å². The molecule has 0 aromatic carbocycles. The quantitative estimate of drug-likeness (QED) is 0.492. The standard InChI is InChI=1S/C12H23O5PS2/c1-4-15-11(13)10-12(19-8-7-9-20-12)18(14,16-5-2)17-6-3/h4-10H2,1-3H3. The number of thioether (sulfide) groups is 2. The number of hydrogen-bond donors (Lipinski definition) is 0. The maximum Gasteiger partial charge on any atom is 0.357 e. The Kier molecular flexibility index (Phi) is 7.98. The molecule has 0 spiro atoms. The molecule has 20 heavy (non-hydrogen) atoms. The highest BCUT2D eigenvalue weighted by Crippen LogP contribution is 2.72. The topological polar surface area (TPSA) is 61.8 Å². The van der Waals surface area contributed by atoms with Gasteiger partial charge in [0.25, 0.3) is 0 Å². The number of esters is 1. The van der Waals surface area contributed by atoms with E-state index in [-0.39, 0.29) is 12.4 Å². The van der Waals surface area contributed by atoms with E-state index in [0.717, 1.165) is 17.9 Å². The second-order valence-corrected chi connectivity index (χ2v) is 10.0. The summed E-state index contributed by atoms with van der Waals surface area (Å²) >= 11 is 3.00. The van der Waals surface area contributed by atoms with Crippen LogP contribution in [0.3, 0.4) is 0 Å². The van der Waals surface area contributed by atoms with E-state index in [9.17, 15) is 9.36 Å². The highest BCUT2D eigenvalue weighted by atomic mass is 32.2. The zero-order valence-electron chi connectivity index (χ0n) is 12.3. The highest BCUT2D eigenvalue weighted by Gasteiger charge is 2.54. The molecular formula is C12H23O5PS2. The van der Waals surface area contributed by atoms with Crippen molar-refractivity contribution in [2.24, 2.45) is 0 Å². The van der Waals surface area contributed by atoms with Crippen LogP contribution in [-0.2, 0) is 23.1 Å². The average Bonchev–Trinajstić information content (AvgIpc) is 2.40. The minimum atomic E-state index is -3.38. The fourth-order valence-electron chi connectivity index (χ4n) is 1.89. The van der Waals surface area contributed by atoms with E-state index in [2.05, 4.69) is 0 Å². The molecule has 1 rings (SSSR count). The van der Waals surface area contributed by atoms with Gasteiger partial charge in [-0.15, -0.1) is 23.5 Å². The van der Waals surface area contributed by atoms with Gasteiger partial charge in [0.05, 0.1) is 26.2 Å². The lowest BCUT2D eigenvalue weighted by Gasteiger charge is -2.39. The monoisotopic (exact) mass is 342 g/mol. The van der Waals surface area contributed by atoms with Gasteiger partial charge < -0.3 is 13.8 Å². The zero-order valence-corrected chi connectivity index (χ0v) is 14.8. The number of carbonyl (C=O) groups is 1. The SMILES string of the molecule is CCOC(=O)CC1(P(=O)(OCC)OCC)SCCCS1. The maximum absolute atomic E-state index is 13.1. The van der Waals surface area contributed by atoms with E-state index in [0.29, 0.717) is 19.8 Å². The van der Waals surface area contributed by atoms with Gasteiger partial charge in [-0.2, -0.15) is 0 Å². The summed E-state index contributed by atoms with van der Waals surface area (Å²) in [5, 5.41) is 0. The fraction of sp³-hybridized carbons (Fsp3) is 0.917. The minimum absolute atomic E-state index is 0.0491. The number of ether oxygens (including phenoxy) is 1. The molecular weight excluding hydrogens is 319 g/mol. The maximum atomic E-state index is 13.1. The molecule has 1 aliphatic rings. The second kappa shape index (κ2) is 8.69. The van der Waals surface area contributed by atoms with Gasteiger partial charge in [-0.1, -0.05) is 0 Å². The predicted octanol–water partition coefficient (Wildman–Crippen LogP) is 3.73. The third-order valence-electron chi connectivity index (χ3n) is 2.63. The largest absolute Gasteiger partial charge is 0.466 e. The van der Waals surface area contributed by atoms with Gasteiger partial charge in [-0.25, -0.2) is 0 Å². The number of hydrogen-bond acceptors (Lipinski definition) is 7. The summed E-state index contributed by atoms with van der Waals surface area (Å²) in [6.45, 7) is 6.23. The molecule has 1 fully saturated rings. The van der Waals surface area contributed by atoms with E-state index in [1.807, 2.05) is 0 Å². The van der Waals surface area contributed by atoms with Crippen LogP contribution in [-0.4, -0.2) is 41.1 Å². The first-order valence-corrected chi connectivity index (χ1v) is 10.4. The number of carbonyl (C=O) groups excluding carboxylic acids is 1. The van der Waals surface area contributed by atoms with E-state index in [1.165, 1.54) is 23.5 Å². The molecule has 0 amide bonds.